The Bertz CT molecular complexity index is 502. The number of rotatable bonds is 2. The first-order valence-electron chi connectivity index (χ1n) is 4.82. The fourth-order valence-electron chi connectivity index (χ4n) is 1.40. The molecule has 1 aromatic carbocycles. The lowest BCUT2D eigenvalue weighted by molar-refractivity contribution is 0.673. The maximum absolute atomic E-state index is 12.6. The van der Waals surface area contributed by atoms with Crippen LogP contribution in [-0.2, 0) is 0 Å². The van der Waals surface area contributed by atoms with Crippen LogP contribution in [0, 0.1) is 6.92 Å². The first-order chi connectivity index (χ1) is 7.75. The van der Waals surface area contributed by atoms with Crippen LogP contribution in [-0.4, -0.2) is 9.97 Å². The fourth-order valence-corrected chi connectivity index (χ4v) is 1.40. The van der Waals surface area contributed by atoms with Crippen molar-refractivity contribution in [2.45, 2.75) is 0 Å². The number of benzene rings is 1. The van der Waals surface area contributed by atoms with E-state index in [0.717, 1.165) is 11.1 Å². The van der Waals surface area contributed by atoms with Crippen LogP contribution in [0.2, 0.25) is 0 Å². The number of allylic oxidation sites excluding steroid dienone is 1. The fraction of sp³-hybridized carbons (Fsp3) is 0. The molecule has 1 radical (unpaired) electrons. The molecule has 0 unspecified atom stereocenters. The van der Waals surface area contributed by atoms with Crippen LogP contribution >= 0.6 is 0 Å². The topological polar surface area (TPSA) is 25.8 Å². The van der Waals surface area contributed by atoms with Crippen molar-refractivity contribution in [2.75, 3.05) is 0 Å². The highest BCUT2D eigenvalue weighted by Gasteiger charge is 1.99. The third-order valence-electron chi connectivity index (χ3n) is 2.03. The molecule has 1 aromatic heterocycles. The van der Waals surface area contributed by atoms with E-state index >= 15 is 0 Å². The first kappa shape index (κ1) is 10.5. The van der Waals surface area contributed by atoms with E-state index in [-0.39, 0.29) is 0 Å². The maximum Gasteiger partial charge on any atom is 0.159 e. The summed E-state index contributed by atoms with van der Waals surface area (Å²) in [5, 5.41) is 0. The molecule has 0 fully saturated rings. The molecule has 1 heterocycles. The summed E-state index contributed by atoms with van der Waals surface area (Å²) in [6.07, 6.45) is 4.71. The Labute approximate surface area is 93.5 Å². The first-order valence-corrected chi connectivity index (χ1v) is 4.82. The van der Waals surface area contributed by atoms with E-state index in [1.54, 1.807) is 24.5 Å². The van der Waals surface area contributed by atoms with Gasteiger partial charge in [0, 0.05) is 24.9 Å². The Morgan fingerprint density at radius 3 is 2.62 bits per heavy atom. The van der Waals surface area contributed by atoms with Gasteiger partial charge in [-0.15, -0.1) is 0 Å². The largest absolute Gasteiger partial charge is 0.237 e. The maximum atomic E-state index is 12.6. The van der Waals surface area contributed by atoms with Crippen LogP contribution in [0.15, 0.2) is 48.6 Å². The normalized spacial score (nSPS) is 11.5. The van der Waals surface area contributed by atoms with Gasteiger partial charge in [0.25, 0.3) is 0 Å². The second-order valence-corrected chi connectivity index (χ2v) is 3.29. The SMILES string of the molecule is [CH2]/C(F)=C/c1cccc(-c2ncccn2)c1. The molecular weight excluding hydrogens is 203 g/mol. The molecule has 0 atom stereocenters. The van der Waals surface area contributed by atoms with E-state index in [4.69, 9.17) is 0 Å². The minimum atomic E-state index is -0.467. The molecule has 3 heteroatoms. The molecule has 0 aliphatic carbocycles. The highest BCUT2D eigenvalue weighted by Crippen LogP contribution is 2.17. The van der Waals surface area contributed by atoms with Crippen LogP contribution in [0.1, 0.15) is 5.56 Å². The quantitative estimate of drug-likeness (QED) is 0.765. The lowest BCUT2D eigenvalue weighted by Crippen LogP contribution is -1.86. The molecule has 2 nitrogen and oxygen atoms in total. The summed E-state index contributed by atoms with van der Waals surface area (Å²) < 4.78 is 12.6. The Morgan fingerprint density at radius 2 is 1.94 bits per heavy atom. The van der Waals surface area contributed by atoms with Gasteiger partial charge in [-0.3, -0.25) is 0 Å². The van der Waals surface area contributed by atoms with Crippen LogP contribution in [0.4, 0.5) is 4.39 Å². The molecule has 0 spiro atoms. The van der Waals surface area contributed by atoms with Crippen LogP contribution in [0.3, 0.4) is 0 Å². The van der Waals surface area contributed by atoms with Gasteiger partial charge < -0.3 is 0 Å². The van der Waals surface area contributed by atoms with Gasteiger partial charge in [0.1, 0.15) is 5.83 Å². The van der Waals surface area contributed by atoms with Gasteiger partial charge in [-0.05, 0) is 23.8 Å². The van der Waals surface area contributed by atoms with Crippen molar-refractivity contribution in [3.05, 3.63) is 61.0 Å². The number of hydrogen-bond acceptors (Lipinski definition) is 2. The van der Waals surface area contributed by atoms with Crippen molar-refractivity contribution in [3.8, 4) is 11.4 Å². The van der Waals surface area contributed by atoms with Crippen molar-refractivity contribution < 1.29 is 4.39 Å². The zero-order valence-corrected chi connectivity index (χ0v) is 8.60. The minimum Gasteiger partial charge on any atom is -0.237 e. The summed E-state index contributed by atoms with van der Waals surface area (Å²) in [4.78, 5) is 8.26. The Kier molecular flexibility index (Phi) is 3.05. The molecule has 0 saturated carbocycles. The second-order valence-electron chi connectivity index (χ2n) is 3.29. The summed E-state index contributed by atoms with van der Waals surface area (Å²) in [7, 11) is 0. The molecule has 0 aliphatic rings. The zero-order valence-electron chi connectivity index (χ0n) is 8.60. The van der Waals surface area contributed by atoms with E-state index in [0.29, 0.717) is 5.82 Å². The third kappa shape index (κ3) is 2.51. The summed E-state index contributed by atoms with van der Waals surface area (Å²) in [5.74, 6) is 0.161. The number of halogens is 1. The van der Waals surface area contributed by atoms with E-state index in [2.05, 4.69) is 16.9 Å². The van der Waals surface area contributed by atoms with Gasteiger partial charge in [-0.1, -0.05) is 18.2 Å². The van der Waals surface area contributed by atoms with Gasteiger partial charge >= 0.3 is 0 Å². The molecule has 0 saturated heterocycles. The summed E-state index contributed by atoms with van der Waals surface area (Å²) >= 11 is 0. The monoisotopic (exact) mass is 213 g/mol. The van der Waals surface area contributed by atoms with Crippen LogP contribution in [0.5, 0.6) is 0 Å². The number of aromatic nitrogens is 2. The van der Waals surface area contributed by atoms with Gasteiger partial charge in [0.15, 0.2) is 5.82 Å². The molecular formula is C13H10FN2. The van der Waals surface area contributed by atoms with E-state index in [9.17, 15) is 4.39 Å². The van der Waals surface area contributed by atoms with Gasteiger partial charge in [0.2, 0.25) is 0 Å². The van der Waals surface area contributed by atoms with Crippen molar-refractivity contribution in [1.82, 2.24) is 9.97 Å². The molecule has 2 aromatic rings. The highest BCUT2D eigenvalue weighted by molar-refractivity contribution is 5.62. The van der Waals surface area contributed by atoms with Crippen molar-refractivity contribution >= 4 is 6.08 Å². The molecule has 2 rings (SSSR count). The highest BCUT2D eigenvalue weighted by atomic mass is 19.1. The molecule has 0 N–H and O–H groups in total. The summed E-state index contributed by atoms with van der Waals surface area (Å²) in [5.41, 5.74) is 1.60. The average molecular weight is 213 g/mol. The van der Waals surface area contributed by atoms with Gasteiger partial charge in [0.05, 0.1) is 0 Å². The standard InChI is InChI=1S/C13H10FN2/c1-10(14)8-11-4-2-5-12(9-11)13-15-6-3-7-16-13/h2-9H,1H2/b10-8-. The van der Waals surface area contributed by atoms with Crippen molar-refractivity contribution in [1.29, 1.82) is 0 Å². The van der Waals surface area contributed by atoms with Crippen LogP contribution < -0.4 is 0 Å². The molecule has 79 valence electrons. The molecule has 16 heavy (non-hydrogen) atoms. The molecule has 0 amide bonds. The summed E-state index contributed by atoms with van der Waals surface area (Å²) in [6.45, 7) is 3.20. The Balaban J connectivity index is 2.41. The third-order valence-corrected chi connectivity index (χ3v) is 2.03. The van der Waals surface area contributed by atoms with E-state index in [1.807, 2.05) is 18.2 Å². The lowest BCUT2D eigenvalue weighted by Gasteiger charge is -2.00. The predicted octanol–water partition coefficient (Wildman–Crippen LogP) is 3.29. The lowest BCUT2D eigenvalue weighted by atomic mass is 10.1. The minimum absolute atomic E-state index is 0.467. The molecule has 0 aliphatic heterocycles. The number of hydrogen-bond donors (Lipinski definition) is 0. The van der Waals surface area contributed by atoms with Crippen LogP contribution in [0.25, 0.3) is 17.5 Å². The Hall–Kier alpha value is -2.03. The van der Waals surface area contributed by atoms with E-state index in [1.165, 1.54) is 6.08 Å². The predicted molar refractivity (Wildman–Crippen MR) is 61.9 cm³/mol. The Morgan fingerprint density at radius 1 is 1.19 bits per heavy atom. The smallest absolute Gasteiger partial charge is 0.159 e. The second kappa shape index (κ2) is 4.66. The van der Waals surface area contributed by atoms with E-state index < -0.39 is 5.83 Å². The summed E-state index contributed by atoms with van der Waals surface area (Å²) in [6, 6.07) is 9.09. The average Bonchev–Trinajstić information content (AvgIpc) is 2.30. The molecule has 0 bridgehead atoms. The van der Waals surface area contributed by atoms with Gasteiger partial charge in [-0.2, -0.15) is 0 Å². The number of nitrogens with zero attached hydrogens (tertiary/aromatic N) is 2. The zero-order chi connectivity index (χ0) is 11.4. The van der Waals surface area contributed by atoms with Crippen molar-refractivity contribution in [3.63, 3.8) is 0 Å². The van der Waals surface area contributed by atoms with Crippen molar-refractivity contribution in [2.24, 2.45) is 0 Å². The van der Waals surface area contributed by atoms with Gasteiger partial charge in [-0.25, -0.2) is 14.4 Å².